The van der Waals surface area contributed by atoms with Gasteiger partial charge in [-0.05, 0) is 24.3 Å². The number of hydrogen-bond acceptors (Lipinski definition) is 7. The molecule has 1 amide bonds. The maximum absolute atomic E-state index is 12.6. The molecule has 7 nitrogen and oxygen atoms in total. The molecule has 150 valence electrons. The van der Waals surface area contributed by atoms with Gasteiger partial charge in [0.2, 0.25) is 11.7 Å². The number of carbonyl (C=O) groups excluding carboxylic acids is 1. The lowest BCUT2D eigenvalue weighted by molar-refractivity contribution is 0.0943. The number of nitrogens with zero attached hydrogens (tertiary/aromatic N) is 2. The molecule has 0 fully saturated rings. The summed E-state index contributed by atoms with van der Waals surface area (Å²) >= 11 is 1.55. The monoisotopic (exact) mass is 411 g/mol. The molecule has 0 spiro atoms. The van der Waals surface area contributed by atoms with Gasteiger partial charge in [0.1, 0.15) is 11.5 Å². The van der Waals surface area contributed by atoms with E-state index in [2.05, 4.69) is 22.0 Å². The van der Waals surface area contributed by atoms with Gasteiger partial charge in [0, 0.05) is 16.7 Å². The third kappa shape index (κ3) is 4.97. The highest BCUT2D eigenvalue weighted by Gasteiger charge is 2.16. The fraction of sp³-hybridized carbons (Fsp3) is 0.190. The van der Waals surface area contributed by atoms with Gasteiger partial charge in [-0.15, -0.1) is 18.3 Å². The highest BCUT2D eigenvalue weighted by atomic mass is 32.2. The first kappa shape index (κ1) is 20.5. The Morgan fingerprint density at radius 2 is 2.07 bits per heavy atom. The van der Waals surface area contributed by atoms with E-state index in [0.29, 0.717) is 34.3 Å². The Kier molecular flexibility index (Phi) is 6.91. The van der Waals surface area contributed by atoms with Crippen molar-refractivity contribution >= 4 is 17.7 Å². The van der Waals surface area contributed by atoms with Crippen molar-refractivity contribution in [3.05, 3.63) is 66.6 Å². The van der Waals surface area contributed by atoms with Crippen molar-refractivity contribution in [1.82, 2.24) is 15.5 Å². The molecule has 2 aromatic carbocycles. The lowest BCUT2D eigenvalue weighted by Gasteiger charge is -2.08. The highest BCUT2D eigenvalue weighted by molar-refractivity contribution is 7.99. The van der Waals surface area contributed by atoms with E-state index < -0.39 is 0 Å². The molecule has 0 saturated heterocycles. The van der Waals surface area contributed by atoms with Crippen LogP contribution in [-0.4, -0.2) is 36.0 Å². The number of ether oxygens (including phenoxy) is 2. The SMILES string of the molecule is C=CCSc1ccccc1C(=O)NCc1nc(-c2ccc(OC)cc2OC)no1. The first-order valence-corrected chi connectivity index (χ1v) is 9.80. The van der Waals surface area contributed by atoms with E-state index in [1.54, 1.807) is 56.3 Å². The van der Waals surface area contributed by atoms with Gasteiger partial charge in [-0.25, -0.2) is 0 Å². The van der Waals surface area contributed by atoms with Gasteiger partial charge in [-0.1, -0.05) is 23.4 Å². The van der Waals surface area contributed by atoms with Gasteiger partial charge in [0.25, 0.3) is 5.91 Å². The predicted octanol–water partition coefficient (Wildman–Crippen LogP) is 3.96. The maximum atomic E-state index is 12.6. The number of rotatable bonds is 9. The van der Waals surface area contributed by atoms with Crippen molar-refractivity contribution in [1.29, 1.82) is 0 Å². The van der Waals surface area contributed by atoms with Crippen molar-refractivity contribution in [2.24, 2.45) is 0 Å². The minimum absolute atomic E-state index is 0.116. The fourth-order valence-electron chi connectivity index (χ4n) is 2.60. The van der Waals surface area contributed by atoms with Crippen molar-refractivity contribution in [3.8, 4) is 22.9 Å². The van der Waals surface area contributed by atoms with Crippen LogP contribution in [0, 0.1) is 0 Å². The first-order chi connectivity index (χ1) is 14.2. The van der Waals surface area contributed by atoms with E-state index in [-0.39, 0.29) is 12.5 Å². The molecule has 0 saturated carbocycles. The fourth-order valence-corrected chi connectivity index (χ4v) is 3.39. The second kappa shape index (κ2) is 9.79. The molecule has 0 aliphatic rings. The van der Waals surface area contributed by atoms with Gasteiger partial charge in [-0.2, -0.15) is 4.98 Å². The Morgan fingerprint density at radius 3 is 2.83 bits per heavy atom. The maximum Gasteiger partial charge on any atom is 0.252 e. The van der Waals surface area contributed by atoms with Crippen molar-refractivity contribution < 1.29 is 18.8 Å². The Hall–Kier alpha value is -3.26. The van der Waals surface area contributed by atoms with Crippen LogP contribution < -0.4 is 14.8 Å². The lowest BCUT2D eigenvalue weighted by atomic mass is 10.2. The zero-order valence-electron chi connectivity index (χ0n) is 16.2. The summed E-state index contributed by atoms with van der Waals surface area (Å²) in [5, 5.41) is 6.80. The molecule has 3 rings (SSSR count). The number of nitrogens with one attached hydrogen (secondary N) is 1. The molecule has 8 heteroatoms. The van der Waals surface area contributed by atoms with E-state index in [1.165, 1.54) is 0 Å². The summed E-state index contributed by atoms with van der Waals surface area (Å²) in [5.41, 5.74) is 1.26. The molecule has 0 bridgehead atoms. The Morgan fingerprint density at radius 1 is 1.24 bits per heavy atom. The molecule has 1 aromatic heterocycles. The van der Waals surface area contributed by atoms with Gasteiger partial charge in [0.05, 0.1) is 31.9 Å². The Labute approximate surface area is 173 Å². The van der Waals surface area contributed by atoms with E-state index in [1.807, 2.05) is 18.2 Å². The average molecular weight is 411 g/mol. The molecule has 0 atom stereocenters. The van der Waals surface area contributed by atoms with Crippen molar-refractivity contribution in [3.63, 3.8) is 0 Å². The summed E-state index contributed by atoms with van der Waals surface area (Å²) in [6.45, 7) is 3.83. The number of benzene rings is 2. The van der Waals surface area contributed by atoms with Crippen LogP contribution in [0.4, 0.5) is 0 Å². The van der Waals surface area contributed by atoms with Gasteiger partial charge >= 0.3 is 0 Å². The number of thioether (sulfide) groups is 1. The highest BCUT2D eigenvalue weighted by Crippen LogP contribution is 2.31. The average Bonchev–Trinajstić information content (AvgIpc) is 3.24. The standard InChI is InChI=1S/C21H21N3O4S/c1-4-11-29-18-8-6-5-7-16(18)21(25)22-13-19-23-20(24-28-19)15-10-9-14(26-2)12-17(15)27-3/h4-10,12H,1,11,13H2,2-3H3,(H,22,25). The van der Waals surface area contributed by atoms with Gasteiger partial charge in [-0.3, -0.25) is 4.79 Å². The summed E-state index contributed by atoms with van der Waals surface area (Å²) in [4.78, 5) is 17.8. The third-order valence-corrected chi connectivity index (χ3v) is 5.08. The molecule has 0 unspecified atom stereocenters. The minimum Gasteiger partial charge on any atom is -0.497 e. The molecule has 0 aliphatic carbocycles. The number of carbonyl (C=O) groups is 1. The number of hydrogen-bond donors (Lipinski definition) is 1. The Bertz CT molecular complexity index is 1000. The lowest BCUT2D eigenvalue weighted by Crippen LogP contribution is -2.23. The molecular weight excluding hydrogens is 390 g/mol. The van der Waals surface area contributed by atoms with E-state index in [0.717, 1.165) is 10.6 Å². The first-order valence-electron chi connectivity index (χ1n) is 8.82. The van der Waals surface area contributed by atoms with Crippen LogP contribution >= 0.6 is 11.8 Å². The molecule has 1 N–H and O–H groups in total. The molecule has 29 heavy (non-hydrogen) atoms. The molecule has 1 heterocycles. The summed E-state index contributed by atoms with van der Waals surface area (Å²) in [6, 6.07) is 12.7. The van der Waals surface area contributed by atoms with E-state index >= 15 is 0 Å². The molecule has 0 aliphatic heterocycles. The number of amides is 1. The van der Waals surface area contributed by atoms with Gasteiger partial charge in [0.15, 0.2) is 0 Å². The zero-order valence-corrected chi connectivity index (χ0v) is 17.0. The predicted molar refractivity (Wildman–Crippen MR) is 111 cm³/mol. The largest absolute Gasteiger partial charge is 0.497 e. The quantitative estimate of drug-likeness (QED) is 0.421. The molecule has 0 radical (unpaired) electrons. The summed E-state index contributed by atoms with van der Waals surface area (Å²) in [7, 11) is 3.14. The van der Waals surface area contributed by atoms with Crippen LogP contribution in [-0.2, 0) is 6.54 Å². The summed E-state index contributed by atoms with van der Waals surface area (Å²) in [6.07, 6.45) is 1.80. The Balaban J connectivity index is 1.70. The van der Waals surface area contributed by atoms with Crippen LogP contribution in [0.5, 0.6) is 11.5 Å². The van der Waals surface area contributed by atoms with Gasteiger partial charge < -0.3 is 19.3 Å². The van der Waals surface area contributed by atoms with Crippen LogP contribution in [0.25, 0.3) is 11.4 Å². The third-order valence-electron chi connectivity index (χ3n) is 4.01. The second-order valence-corrected chi connectivity index (χ2v) is 6.92. The van der Waals surface area contributed by atoms with Crippen LogP contribution in [0.1, 0.15) is 16.2 Å². The van der Waals surface area contributed by atoms with Crippen LogP contribution in [0.3, 0.4) is 0 Å². The minimum atomic E-state index is -0.209. The number of aromatic nitrogens is 2. The van der Waals surface area contributed by atoms with E-state index in [4.69, 9.17) is 14.0 Å². The molecular formula is C21H21N3O4S. The van der Waals surface area contributed by atoms with Crippen LogP contribution in [0.15, 0.2) is 64.5 Å². The smallest absolute Gasteiger partial charge is 0.252 e. The topological polar surface area (TPSA) is 86.5 Å². The van der Waals surface area contributed by atoms with Crippen molar-refractivity contribution in [2.75, 3.05) is 20.0 Å². The zero-order chi connectivity index (χ0) is 20.6. The molecule has 3 aromatic rings. The van der Waals surface area contributed by atoms with E-state index in [9.17, 15) is 4.79 Å². The summed E-state index contributed by atoms with van der Waals surface area (Å²) in [5.74, 6) is 2.40. The van der Waals surface area contributed by atoms with Crippen molar-refractivity contribution in [2.45, 2.75) is 11.4 Å². The number of methoxy groups -OCH3 is 2. The normalized spacial score (nSPS) is 10.4. The summed E-state index contributed by atoms with van der Waals surface area (Å²) < 4.78 is 15.8. The second-order valence-electron chi connectivity index (χ2n) is 5.86. The van der Waals surface area contributed by atoms with Crippen LogP contribution in [0.2, 0.25) is 0 Å².